The van der Waals surface area contributed by atoms with Gasteiger partial charge in [-0.2, -0.15) is 0 Å². The Morgan fingerprint density at radius 2 is 1.75 bits per heavy atom. The van der Waals surface area contributed by atoms with Crippen molar-refractivity contribution >= 4 is 14.4 Å². The number of benzene rings is 1. The molecule has 0 aromatic heterocycles. The molecular formula is C14H21OSi. The van der Waals surface area contributed by atoms with E-state index in [1.807, 2.05) is 19.1 Å². The SMILES string of the molecule is C=C(C)c1ccc(OC[Si](CC)CC)cc1. The van der Waals surface area contributed by atoms with Crippen LogP contribution in [0.4, 0.5) is 0 Å². The summed E-state index contributed by atoms with van der Waals surface area (Å²) < 4.78 is 5.80. The molecule has 0 N–H and O–H groups in total. The van der Waals surface area contributed by atoms with E-state index >= 15 is 0 Å². The molecule has 0 fully saturated rings. The highest BCUT2D eigenvalue weighted by Gasteiger charge is 2.06. The summed E-state index contributed by atoms with van der Waals surface area (Å²) in [7, 11) is -0.287. The van der Waals surface area contributed by atoms with E-state index in [1.165, 1.54) is 17.7 Å². The molecule has 1 nitrogen and oxygen atoms in total. The number of ether oxygens (including phenoxy) is 1. The maximum Gasteiger partial charge on any atom is 0.118 e. The van der Waals surface area contributed by atoms with E-state index in [-0.39, 0.29) is 8.80 Å². The van der Waals surface area contributed by atoms with Gasteiger partial charge in [0.1, 0.15) is 5.75 Å². The molecule has 0 aliphatic rings. The third-order valence-corrected chi connectivity index (χ3v) is 5.34. The predicted octanol–water partition coefficient (Wildman–Crippen LogP) is 4.17. The number of rotatable bonds is 6. The highest BCUT2D eigenvalue weighted by molar-refractivity contribution is 6.58. The lowest BCUT2D eigenvalue weighted by molar-refractivity contribution is 0.380. The molecule has 0 bridgehead atoms. The molecule has 1 rings (SSSR count). The molecule has 0 atom stereocenters. The van der Waals surface area contributed by atoms with E-state index in [4.69, 9.17) is 4.74 Å². The smallest absolute Gasteiger partial charge is 0.118 e. The van der Waals surface area contributed by atoms with Gasteiger partial charge in [-0.3, -0.25) is 0 Å². The van der Waals surface area contributed by atoms with Crippen LogP contribution in [0.15, 0.2) is 30.8 Å². The van der Waals surface area contributed by atoms with E-state index in [0.29, 0.717) is 0 Å². The molecule has 0 spiro atoms. The molecule has 0 saturated carbocycles. The predicted molar refractivity (Wildman–Crippen MR) is 73.4 cm³/mol. The summed E-state index contributed by atoms with van der Waals surface area (Å²) in [6.07, 6.45) is 0.921. The summed E-state index contributed by atoms with van der Waals surface area (Å²) in [5.41, 5.74) is 2.28. The van der Waals surface area contributed by atoms with Gasteiger partial charge in [0.05, 0.1) is 15.0 Å². The fourth-order valence-corrected chi connectivity index (χ4v) is 2.75. The average Bonchev–Trinajstić information content (AvgIpc) is 2.31. The molecule has 87 valence electrons. The highest BCUT2D eigenvalue weighted by Crippen LogP contribution is 2.17. The Hall–Kier alpha value is -1.02. The van der Waals surface area contributed by atoms with Gasteiger partial charge in [0, 0.05) is 0 Å². The normalized spacial score (nSPS) is 10.5. The fraction of sp³-hybridized carbons (Fsp3) is 0.429. The Morgan fingerprint density at radius 3 is 2.19 bits per heavy atom. The maximum atomic E-state index is 5.80. The van der Waals surface area contributed by atoms with Crippen LogP contribution in [-0.2, 0) is 0 Å². The lowest BCUT2D eigenvalue weighted by Crippen LogP contribution is -2.20. The largest absolute Gasteiger partial charge is 0.497 e. The van der Waals surface area contributed by atoms with Gasteiger partial charge in [-0.25, -0.2) is 0 Å². The average molecular weight is 233 g/mol. The van der Waals surface area contributed by atoms with Crippen LogP contribution in [0.5, 0.6) is 5.75 Å². The quantitative estimate of drug-likeness (QED) is 0.670. The first-order valence-electron chi connectivity index (χ1n) is 5.89. The molecule has 1 aromatic carbocycles. The third kappa shape index (κ3) is 3.85. The first-order chi connectivity index (χ1) is 7.67. The Morgan fingerprint density at radius 1 is 1.19 bits per heavy atom. The van der Waals surface area contributed by atoms with Crippen LogP contribution in [0.3, 0.4) is 0 Å². The molecule has 0 aliphatic heterocycles. The van der Waals surface area contributed by atoms with Gasteiger partial charge in [-0.05, 0) is 24.6 Å². The minimum absolute atomic E-state index is 0.287. The zero-order chi connectivity index (χ0) is 12.0. The first kappa shape index (κ1) is 13.0. The Balaban J connectivity index is 2.52. The van der Waals surface area contributed by atoms with Crippen molar-refractivity contribution in [2.24, 2.45) is 0 Å². The van der Waals surface area contributed by atoms with Gasteiger partial charge in [-0.15, -0.1) is 0 Å². The zero-order valence-corrected chi connectivity index (χ0v) is 11.5. The first-order valence-corrected chi connectivity index (χ1v) is 8.01. The van der Waals surface area contributed by atoms with Crippen molar-refractivity contribution in [3.05, 3.63) is 36.4 Å². The minimum atomic E-state index is -0.287. The molecule has 0 aliphatic carbocycles. The van der Waals surface area contributed by atoms with Crippen molar-refractivity contribution < 1.29 is 4.74 Å². The second kappa shape index (κ2) is 6.54. The van der Waals surface area contributed by atoms with Crippen molar-refractivity contribution in [3.63, 3.8) is 0 Å². The standard InChI is InChI=1S/C14H21OSi/c1-5-16(6-2)11-15-14-9-7-13(8-10-14)12(3)4/h7-10H,3,5-6,11H2,1-2,4H3. The van der Waals surface area contributed by atoms with Gasteiger partial charge >= 0.3 is 0 Å². The molecular weight excluding hydrogens is 212 g/mol. The van der Waals surface area contributed by atoms with Crippen LogP contribution in [0.25, 0.3) is 5.57 Å². The Kier molecular flexibility index (Phi) is 5.33. The highest BCUT2D eigenvalue weighted by atomic mass is 28.3. The molecule has 0 amide bonds. The second-order valence-corrected chi connectivity index (χ2v) is 7.25. The molecule has 0 unspecified atom stereocenters. The second-order valence-electron chi connectivity index (χ2n) is 4.05. The molecule has 1 radical (unpaired) electrons. The van der Waals surface area contributed by atoms with Crippen LogP contribution < -0.4 is 4.74 Å². The summed E-state index contributed by atoms with van der Waals surface area (Å²) in [5.74, 6) is 0.981. The van der Waals surface area contributed by atoms with Gasteiger partial charge in [0.15, 0.2) is 0 Å². The lowest BCUT2D eigenvalue weighted by atomic mass is 10.1. The van der Waals surface area contributed by atoms with E-state index in [9.17, 15) is 0 Å². The number of hydrogen-bond acceptors (Lipinski definition) is 1. The van der Waals surface area contributed by atoms with Crippen LogP contribution in [0.1, 0.15) is 26.3 Å². The van der Waals surface area contributed by atoms with Crippen LogP contribution in [-0.4, -0.2) is 15.0 Å². The summed E-state index contributed by atoms with van der Waals surface area (Å²) in [6.45, 7) is 10.4. The van der Waals surface area contributed by atoms with Crippen molar-refractivity contribution in [1.29, 1.82) is 0 Å². The Bertz CT molecular complexity index is 325. The Labute approximate surface area is 101 Å². The number of hydrogen-bond donors (Lipinski definition) is 0. The van der Waals surface area contributed by atoms with Crippen LogP contribution in [0, 0.1) is 0 Å². The molecule has 0 saturated heterocycles. The summed E-state index contributed by atoms with van der Waals surface area (Å²) >= 11 is 0. The summed E-state index contributed by atoms with van der Waals surface area (Å²) in [6, 6.07) is 10.8. The molecule has 0 heterocycles. The van der Waals surface area contributed by atoms with Crippen molar-refractivity contribution in [1.82, 2.24) is 0 Å². The molecule has 2 heteroatoms. The summed E-state index contributed by atoms with van der Waals surface area (Å²) in [4.78, 5) is 0. The van der Waals surface area contributed by atoms with Crippen LogP contribution in [0.2, 0.25) is 12.1 Å². The van der Waals surface area contributed by atoms with E-state index in [2.05, 4.69) is 32.6 Å². The lowest BCUT2D eigenvalue weighted by Gasteiger charge is -2.12. The molecule has 1 aromatic rings. The fourth-order valence-electron chi connectivity index (χ4n) is 1.48. The van der Waals surface area contributed by atoms with Gasteiger partial charge in [0.2, 0.25) is 0 Å². The maximum absolute atomic E-state index is 5.80. The van der Waals surface area contributed by atoms with Crippen LogP contribution >= 0.6 is 0 Å². The zero-order valence-electron chi connectivity index (χ0n) is 10.5. The van der Waals surface area contributed by atoms with Gasteiger partial charge in [-0.1, -0.05) is 50.2 Å². The van der Waals surface area contributed by atoms with Crippen molar-refractivity contribution in [3.8, 4) is 5.75 Å². The van der Waals surface area contributed by atoms with E-state index in [0.717, 1.165) is 17.6 Å². The van der Waals surface area contributed by atoms with Gasteiger partial charge in [0.25, 0.3) is 0 Å². The minimum Gasteiger partial charge on any atom is -0.497 e. The van der Waals surface area contributed by atoms with Crippen molar-refractivity contribution in [2.75, 3.05) is 6.23 Å². The van der Waals surface area contributed by atoms with E-state index < -0.39 is 0 Å². The number of allylic oxidation sites excluding steroid dienone is 1. The monoisotopic (exact) mass is 233 g/mol. The van der Waals surface area contributed by atoms with Crippen molar-refractivity contribution in [2.45, 2.75) is 32.9 Å². The molecule has 16 heavy (non-hydrogen) atoms. The summed E-state index contributed by atoms with van der Waals surface area (Å²) in [5, 5.41) is 0. The topological polar surface area (TPSA) is 9.23 Å². The van der Waals surface area contributed by atoms with E-state index in [1.54, 1.807) is 0 Å². The van der Waals surface area contributed by atoms with Gasteiger partial charge < -0.3 is 4.74 Å². The third-order valence-electron chi connectivity index (χ3n) is 2.79.